The molecule has 0 aliphatic rings. The number of imidazole rings is 1. The standard InChI is InChI=1S/C18H17N3O/c1-14-6-2-4-8-16(14)18(22)20-12-15-7-3-5-9-17(15)21-11-10-19-13-21/h2-11,13H,12H2,1H3,(H,20,22). The van der Waals surface area contributed by atoms with Crippen LogP contribution < -0.4 is 5.32 Å². The molecule has 0 radical (unpaired) electrons. The van der Waals surface area contributed by atoms with Gasteiger partial charge in [-0.05, 0) is 30.2 Å². The second kappa shape index (κ2) is 6.26. The summed E-state index contributed by atoms with van der Waals surface area (Å²) in [6.07, 6.45) is 5.38. The summed E-state index contributed by atoms with van der Waals surface area (Å²) in [5, 5.41) is 2.99. The van der Waals surface area contributed by atoms with Gasteiger partial charge in [-0.25, -0.2) is 4.98 Å². The Morgan fingerprint density at radius 3 is 2.68 bits per heavy atom. The number of hydrogen-bond acceptors (Lipinski definition) is 2. The third-order valence-corrected chi connectivity index (χ3v) is 3.60. The van der Waals surface area contributed by atoms with Crippen molar-refractivity contribution in [2.45, 2.75) is 13.5 Å². The summed E-state index contributed by atoms with van der Waals surface area (Å²) in [6, 6.07) is 15.5. The minimum Gasteiger partial charge on any atom is -0.348 e. The number of nitrogens with zero attached hydrogens (tertiary/aromatic N) is 2. The molecule has 1 N–H and O–H groups in total. The van der Waals surface area contributed by atoms with Crippen LogP contribution in [0.2, 0.25) is 0 Å². The van der Waals surface area contributed by atoms with Gasteiger partial charge in [-0.1, -0.05) is 36.4 Å². The summed E-state index contributed by atoms with van der Waals surface area (Å²) in [4.78, 5) is 16.4. The predicted molar refractivity (Wildman–Crippen MR) is 85.9 cm³/mol. The van der Waals surface area contributed by atoms with Crippen LogP contribution in [0.15, 0.2) is 67.3 Å². The summed E-state index contributed by atoms with van der Waals surface area (Å²) in [5.74, 6) is -0.0569. The summed E-state index contributed by atoms with van der Waals surface area (Å²) < 4.78 is 1.94. The summed E-state index contributed by atoms with van der Waals surface area (Å²) >= 11 is 0. The highest BCUT2D eigenvalue weighted by Crippen LogP contribution is 2.14. The number of amides is 1. The fourth-order valence-electron chi connectivity index (χ4n) is 2.41. The van der Waals surface area contributed by atoms with Crippen LogP contribution in [0.4, 0.5) is 0 Å². The van der Waals surface area contributed by atoms with E-state index in [2.05, 4.69) is 10.3 Å². The Labute approximate surface area is 129 Å². The molecule has 4 nitrogen and oxygen atoms in total. The average molecular weight is 291 g/mol. The molecule has 3 rings (SSSR count). The van der Waals surface area contributed by atoms with Crippen LogP contribution in [0.5, 0.6) is 0 Å². The first-order valence-electron chi connectivity index (χ1n) is 7.16. The van der Waals surface area contributed by atoms with Gasteiger partial charge in [-0.15, -0.1) is 0 Å². The van der Waals surface area contributed by atoms with Crippen molar-refractivity contribution in [2.75, 3.05) is 0 Å². The van der Waals surface area contributed by atoms with Gasteiger partial charge in [0, 0.05) is 24.5 Å². The number of para-hydroxylation sites is 1. The van der Waals surface area contributed by atoms with Crippen LogP contribution in [0.1, 0.15) is 21.5 Å². The quantitative estimate of drug-likeness (QED) is 0.803. The van der Waals surface area contributed by atoms with Gasteiger partial charge < -0.3 is 9.88 Å². The van der Waals surface area contributed by atoms with E-state index in [9.17, 15) is 4.79 Å². The van der Waals surface area contributed by atoms with Crippen molar-refractivity contribution in [3.05, 3.63) is 83.9 Å². The summed E-state index contributed by atoms with van der Waals surface area (Å²) in [6.45, 7) is 2.41. The first kappa shape index (κ1) is 14.1. The van der Waals surface area contributed by atoms with Crippen molar-refractivity contribution < 1.29 is 4.79 Å². The molecule has 2 aromatic carbocycles. The van der Waals surface area contributed by atoms with Crippen LogP contribution in [-0.2, 0) is 6.54 Å². The Hall–Kier alpha value is -2.88. The highest BCUT2D eigenvalue weighted by Gasteiger charge is 2.09. The van der Waals surface area contributed by atoms with E-state index in [0.29, 0.717) is 12.1 Å². The first-order valence-corrected chi connectivity index (χ1v) is 7.16. The van der Waals surface area contributed by atoms with Crippen LogP contribution in [0.25, 0.3) is 5.69 Å². The minimum atomic E-state index is -0.0569. The molecule has 0 saturated carbocycles. The van der Waals surface area contributed by atoms with Crippen LogP contribution >= 0.6 is 0 Å². The Balaban J connectivity index is 1.78. The zero-order valence-electron chi connectivity index (χ0n) is 12.4. The minimum absolute atomic E-state index is 0.0569. The molecule has 3 aromatic rings. The maximum absolute atomic E-state index is 12.3. The number of benzene rings is 2. The van der Waals surface area contributed by atoms with E-state index in [1.165, 1.54) is 0 Å². The fraction of sp³-hybridized carbons (Fsp3) is 0.111. The molecule has 0 fully saturated rings. The number of hydrogen-bond donors (Lipinski definition) is 1. The molecule has 0 bridgehead atoms. The molecule has 0 aliphatic carbocycles. The molecule has 0 spiro atoms. The van der Waals surface area contributed by atoms with Crippen molar-refractivity contribution in [1.82, 2.24) is 14.9 Å². The van der Waals surface area contributed by atoms with Gasteiger partial charge in [-0.3, -0.25) is 4.79 Å². The first-order chi connectivity index (χ1) is 10.8. The zero-order valence-corrected chi connectivity index (χ0v) is 12.4. The van der Waals surface area contributed by atoms with Crippen LogP contribution in [0.3, 0.4) is 0 Å². The van der Waals surface area contributed by atoms with Crippen molar-refractivity contribution in [3.8, 4) is 5.69 Å². The van der Waals surface area contributed by atoms with E-state index >= 15 is 0 Å². The van der Waals surface area contributed by atoms with Gasteiger partial charge >= 0.3 is 0 Å². The third kappa shape index (κ3) is 2.91. The molecule has 1 aromatic heterocycles. The molecule has 1 amide bonds. The van der Waals surface area contributed by atoms with Gasteiger partial charge in [0.15, 0.2) is 0 Å². The fourth-order valence-corrected chi connectivity index (χ4v) is 2.41. The normalized spacial score (nSPS) is 10.4. The van der Waals surface area contributed by atoms with E-state index in [1.54, 1.807) is 12.5 Å². The molecule has 22 heavy (non-hydrogen) atoms. The molecule has 0 aliphatic heterocycles. The lowest BCUT2D eigenvalue weighted by molar-refractivity contribution is 0.0950. The Morgan fingerprint density at radius 1 is 1.14 bits per heavy atom. The Morgan fingerprint density at radius 2 is 1.91 bits per heavy atom. The number of carbonyl (C=O) groups excluding carboxylic acids is 1. The van der Waals surface area contributed by atoms with Gasteiger partial charge in [0.25, 0.3) is 5.91 Å². The van der Waals surface area contributed by atoms with Gasteiger partial charge in [0.05, 0.1) is 12.0 Å². The Bertz CT molecular complexity index is 779. The number of carbonyl (C=O) groups is 1. The van der Waals surface area contributed by atoms with Crippen LogP contribution in [-0.4, -0.2) is 15.5 Å². The second-order valence-electron chi connectivity index (χ2n) is 5.10. The van der Waals surface area contributed by atoms with E-state index in [-0.39, 0.29) is 5.91 Å². The Kier molecular flexibility index (Phi) is 4.01. The van der Waals surface area contributed by atoms with Crippen molar-refractivity contribution in [1.29, 1.82) is 0 Å². The highest BCUT2D eigenvalue weighted by atomic mass is 16.1. The lowest BCUT2D eigenvalue weighted by Gasteiger charge is -2.12. The van der Waals surface area contributed by atoms with E-state index in [1.807, 2.05) is 66.2 Å². The third-order valence-electron chi connectivity index (χ3n) is 3.60. The molecule has 110 valence electrons. The number of nitrogens with one attached hydrogen (secondary N) is 1. The summed E-state index contributed by atoms with van der Waals surface area (Å²) in [5.41, 5.74) is 3.75. The zero-order chi connectivity index (χ0) is 15.4. The van der Waals surface area contributed by atoms with Crippen molar-refractivity contribution in [2.24, 2.45) is 0 Å². The molecule has 0 unspecified atom stereocenters. The molecule has 0 atom stereocenters. The molecular formula is C18H17N3O. The molecular weight excluding hydrogens is 274 g/mol. The molecule has 4 heteroatoms. The van der Waals surface area contributed by atoms with Gasteiger partial charge in [-0.2, -0.15) is 0 Å². The molecule has 1 heterocycles. The largest absolute Gasteiger partial charge is 0.348 e. The highest BCUT2D eigenvalue weighted by molar-refractivity contribution is 5.95. The van der Waals surface area contributed by atoms with E-state index in [0.717, 1.165) is 16.8 Å². The number of aryl methyl sites for hydroxylation is 1. The second-order valence-corrected chi connectivity index (χ2v) is 5.10. The number of aromatic nitrogens is 2. The monoisotopic (exact) mass is 291 g/mol. The predicted octanol–water partition coefficient (Wildman–Crippen LogP) is 3.11. The molecule has 0 saturated heterocycles. The van der Waals surface area contributed by atoms with Crippen molar-refractivity contribution in [3.63, 3.8) is 0 Å². The van der Waals surface area contributed by atoms with Crippen molar-refractivity contribution >= 4 is 5.91 Å². The SMILES string of the molecule is Cc1ccccc1C(=O)NCc1ccccc1-n1ccnc1. The lowest BCUT2D eigenvalue weighted by Crippen LogP contribution is -2.24. The average Bonchev–Trinajstić information content (AvgIpc) is 3.07. The van der Waals surface area contributed by atoms with E-state index in [4.69, 9.17) is 0 Å². The van der Waals surface area contributed by atoms with Crippen LogP contribution in [0, 0.1) is 6.92 Å². The lowest BCUT2D eigenvalue weighted by atomic mass is 10.1. The van der Waals surface area contributed by atoms with Gasteiger partial charge in [0.1, 0.15) is 0 Å². The summed E-state index contributed by atoms with van der Waals surface area (Å²) in [7, 11) is 0. The smallest absolute Gasteiger partial charge is 0.251 e. The van der Waals surface area contributed by atoms with Gasteiger partial charge in [0.2, 0.25) is 0 Å². The maximum Gasteiger partial charge on any atom is 0.251 e. The van der Waals surface area contributed by atoms with E-state index < -0.39 is 0 Å². The topological polar surface area (TPSA) is 46.9 Å². The maximum atomic E-state index is 12.3. The number of rotatable bonds is 4.